The summed E-state index contributed by atoms with van der Waals surface area (Å²) in [5, 5.41) is 21.2. The van der Waals surface area contributed by atoms with Crippen molar-refractivity contribution in [2.75, 3.05) is 19.6 Å². The van der Waals surface area contributed by atoms with Gasteiger partial charge in [0.25, 0.3) is 0 Å². The molecule has 1 saturated heterocycles. The third-order valence-corrected chi connectivity index (χ3v) is 6.62. The van der Waals surface area contributed by atoms with Crippen LogP contribution in [0.4, 0.5) is 0 Å². The van der Waals surface area contributed by atoms with Crippen molar-refractivity contribution in [2.24, 2.45) is 23.7 Å². The van der Waals surface area contributed by atoms with E-state index in [0.29, 0.717) is 23.7 Å². The average Bonchev–Trinajstić information content (AvgIpc) is 2.42. The number of piperidine rings is 1. The quantitative estimate of drug-likeness (QED) is 0.823. The normalized spacial score (nSPS) is 48.9. The number of fused-ring (bicyclic) bond motifs is 1. The Hall–Kier alpha value is -0.120. The maximum absolute atomic E-state index is 10.8. The Balaban J connectivity index is 1.58. The van der Waals surface area contributed by atoms with E-state index in [0.717, 1.165) is 38.9 Å². The molecule has 6 unspecified atom stereocenters. The first-order valence-corrected chi connectivity index (χ1v) is 9.11. The predicted molar refractivity (Wildman–Crippen MR) is 85.0 cm³/mol. The van der Waals surface area contributed by atoms with Gasteiger partial charge >= 0.3 is 0 Å². The number of likely N-dealkylation sites (tertiary alicyclic amines) is 1. The molecule has 0 aromatic rings. The standard InChI is InChI=1S/C18H33NO2/c1-13-9-14(2)16(17(20)10-13)12-19-8-7-18(21)6-4-3-5-15(18)11-19/h13-17,20-21H,3-12H2,1-2H3. The van der Waals surface area contributed by atoms with E-state index in [2.05, 4.69) is 18.7 Å². The molecular formula is C18H33NO2. The molecule has 0 aromatic carbocycles. The van der Waals surface area contributed by atoms with E-state index in [-0.39, 0.29) is 11.7 Å². The molecule has 122 valence electrons. The van der Waals surface area contributed by atoms with Crippen LogP contribution in [0.3, 0.4) is 0 Å². The molecule has 3 nitrogen and oxygen atoms in total. The summed E-state index contributed by atoms with van der Waals surface area (Å²) in [6.07, 6.45) is 7.70. The van der Waals surface area contributed by atoms with E-state index in [1.165, 1.54) is 25.7 Å². The van der Waals surface area contributed by atoms with Crippen molar-refractivity contribution in [3.8, 4) is 0 Å². The molecule has 2 saturated carbocycles. The Labute approximate surface area is 129 Å². The monoisotopic (exact) mass is 295 g/mol. The summed E-state index contributed by atoms with van der Waals surface area (Å²) < 4.78 is 0. The van der Waals surface area contributed by atoms with E-state index in [1.54, 1.807) is 0 Å². The predicted octanol–water partition coefficient (Wildman–Crippen LogP) is 2.66. The van der Waals surface area contributed by atoms with Crippen molar-refractivity contribution in [1.29, 1.82) is 0 Å². The molecule has 6 atom stereocenters. The number of aliphatic hydroxyl groups is 2. The first-order valence-electron chi connectivity index (χ1n) is 9.11. The number of rotatable bonds is 2. The number of hydrogen-bond donors (Lipinski definition) is 2. The van der Waals surface area contributed by atoms with Gasteiger partial charge in [-0.05, 0) is 43.9 Å². The molecule has 2 N–H and O–H groups in total. The summed E-state index contributed by atoms with van der Waals surface area (Å²) in [5.41, 5.74) is -0.375. The van der Waals surface area contributed by atoms with Crippen molar-refractivity contribution in [1.82, 2.24) is 4.90 Å². The van der Waals surface area contributed by atoms with E-state index in [4.69, 9.17) is 0 Å². The van der Waals surface area contributed by atoms with Crippen LogP contribution in [0.15, 0.2) is 0 Å². The van der Waals surface area contributed by atoms with Gasteiger partial charge in [0.2, 0.25) is 0 Å². The van der Waals surface area contributed by atoms with E-state index in [1.807, 2.05) is 0 Å². The van der Waals surface area contributed by atoms with Crippen LogP contribution in [0, 0.1) is 23.7 Å². The first-order chi connectivity index (χ1) is 9.98. The lowest BCUT2D eigenvalue weighted by atomic mass is 9.70. The lowest BCUT2D eigenvalue weighted by Crippen LogP contribution is -2.55. The van der Waals surface area contributed by atoms with Gasteiger partial charge in [0, 0.05) is 31.5 Å². The van der Waals surface area contributed by atoms with Gasteiger partial charge in [0.15, 0.2) is 0 Å². The summed E-state index contributed by atoms with van der Waals surface area (Å²) in [5.74, 6) is 2.18. The third-order valence-electron chi connectivity index (χ3n) is 6.62. The Kier molecular flexibility index (Phi) is 4.63. The lowest BCUT2D eigenvalue weighted by molar-refractivity contribution is -0.104. The largest absolute Gasteiger partial charge is 0.393 e. The highest BCUT2D eigenvalue weighted by Crippen LogP contribution is 2.41. The Bertz CT molecular complexity index is 349. The molecule has 0 spiro atoms. The summed E-state index contributed by atoms with van der Waals surface area (Å²) in [7, 11) is 0. The minimum Gasteiger partial charge on any atom is -0.393 e. The van der Waals surface area contributed by atoms with Crippen molar-refractivity contribution in [3.63, 3.8) is 0 Å². The zero-order valence-corrected chi connectivity index (χ0v) is 13.8. The molecule has 0 radical (unpaired) electrons. The fourth-order valence-corrected chi connectivity index (χ4v) is 5.28. The summed E-state index contributed by atoms with van der Waals surface area (Å²) >= 11 is 0. The van der Waals surface area contributed by atoms with Crippen molar-refractivity contribution < 1.29 is 10.2 Å². The van der Waals surface area contributed by atoms with Crippen molar-refractivity contribution >= 4 is 0 Å². The highest BCUT2D eigenvalue weighted by molar-refractivity contribution is 4.96. The van der Waals surface area contributed by atoms with Crippen LogP contribution in [-0.2, 0) is 0 Å². The van der Waals surface area contributed by atoms with Gasteiger partial charge in [-0.2, -0.15) is 0 Å². The molecule has 1 heterocycles. The molecule has 3 aliphatic rings. The van der Waals surface area contributed by atoms with Crippen LogP contribution in [0.1, 0.15) is 58.8 Å². The van der Waals surface area contributed by atoms with Crippen LogP contribution >= 0.6 is 0 Å². The molecule has 2 aliphatic carbocycles. The van der Waals surface area contributed by atoms with E-state index in [9.17, 15) is 10.2 Å². The van der Waals surface area contributed by atoms with Gasteiger partial charge < -0.3 is 15.1 Å². The minimum atomic E-state index is -0.375. The van der Waals surface area contributed by atoms with E-state index < -0.39 is 0 Å². The average molecular weight is 295 g/mol. The fraction of sp³-hybridized carbons (Fsp3) is 1.00. The molecule has 3 rings (SSSR count). The zero-order chi connectivity index (χ0) is 15.0. The molecule has 0 bridgehead atoms. The van der Waals surface area contributed by atoms with Crippen LogP contribution in [0.2, 0.25) is 0 Å². The van der Waals surface area contributed by atoms with Crippen LogP contribution in [0.5, 0.6) is 0 Å². The zero-order valence-electron chi connectivity index (χ0n) is 13.8. The second kappa shape index (κ2) is 6.17. The molecule has 0 aromatic heterocycles. The van der Waals surface area contributed by atoms with Crippen LogP contribution < -0.4 is 0 Å². The van der Waals surface area contributed by atoms with Crippen LogP contribution in [-0.4, -0.2) is 46.5 Å². The smallest absolute Gasteiger partial charge is 0.0700 e. The van der Waals surface area contributed by atoms with Gasteiger partial charge in [0.1, 0.15) is 0 Å². The van der Waals surface area contributed by atoms with Gasteiger partial charge in [-0.3, -0.25) is 0 Å². The van der Waals surface area contributed by atoms with Crippen molar-refractivity contribution in [3.05, 3.63) is 0 Å². The summed E-state index contributed by atoms with van der Waals surface area (Å²) in [6, 6.07) is 0. The van der Waals surface area contributed by atoms with Crippen LogP contribution in [0.25, 0.3) is 0 Å². The van der Waals surface area contributed by atoms with E-state index >= 15 is 0 Å². The highest BCUT2D eigenvalue weighted by Gasteiger charge is 2.44. The molecule has 0 amide bonds. The molecule has 3 fully saturated rings. The number of hydrogen-bond acceptors (Lipinski definition) is 3. The second-order valence-corrected chi connectivity index (χ2v) is 8.34. The number of aliphatic hydroxyl groups excluding tert-OH is 1. The first kappa shape index (κ1) is 15.8. The summed E-state index contributed by atoms with van der Waals surface area (Å²) in [4.78, 5) is 2.53. The Morgan fingerprint density at radius 2 is 1.95 bits per heavy atom. The third kappa shape index (κ3) is 3.30. The minimum absolute atomic E-state index is 0.129. The maximum Gasteiger partial charge on any atom is 0.0700 e. The fourth-order valence-electron chi connectivity index (χ4n) is 5.28. The summed E-state index contributed by atoms with van der Waals surface area (Å²) in [6.45, 7) is 7.66. The topological polar surface area (TPSA) is 43.7 Å². The molecule has 21 heavy (non-hydrogen) atoms. The molecular weight excluding hydrogens is 262 g/mol. The Morgan fingerprint density at radius 3 is 2.71 bits per heavy atom. The van der Waals surface area contributed by atoms with Gasteiger partial charge in [-0.25, -0.2) is 0 Å². The lowest BCUT2D eigenvalue weighted by Gasteiger charge is -2.49. The number of nitrogens with zero attached hydrogens (tertiary/aromatic N) is 1. The highest BCUT2D eigenvalue weighted by atomic mass is 16.3. The SMILES string of the molecule is CC1CC(C)C(CN2CCC3(O)CCCCC3C2)C(O)C1. The molecule has 1 aliphatic heterocycles. The van der Waals surface area contributed by atoms with Gasteiger partial charge in [-0.15, -0.1) is 0 Å². The maximum atomic E-state index is 10.8. The van der Waals surface area contributed by atoms with Gasteiger partial charge in [-0.1, -0.05) is 26.7 Å². The molecule has 3 heteroatoms. The van der Waals surface area contributed by atoms with Gasteiger partial charge in [0.05, 0.1) is 11.7 Å². The van der Waals surface area contributed by atoms with Crippen molar-refractivity contribution in [2.45, 2.75) is 70.5 Å². The Morgan fingerprint density at radius 1 is 1.14 bits per heavy atom. The second-order valence-electron chi connectivity index (χ2n) is 8.34.